The van der Waals surface area contributed by atoms with E-state index in [4.69, 9.17) is 21.1 Å². The summed E-state index contributed by atoms with van der Waals surface area (Å²) >= 11 is 6.08. The number of benzene rings is 2. The van der Waals surface area contributed by atoms with Gasteiger partial charge in [0, 0.05) is 23.2 Å². The van der Waals surface area contributed by atoms with Gasteiger partial charge in [-0.2, -0.15) is 0 Å². The van der Waals surface area contributed by atoms with Crippen LogP contribution in [0.25, 0.3) is 0 Å². The van der Waals surface area contributed by atoms with Crippen molar-refractivity contribution in [3.05, 3.63) is 53.1 Å². The highest BCUT2D eigenvalue weighted by atomic mass is 35.5. The number of halogens is 1. The number of carbonyl (C=O) groups excluding carboxylic acids is 1. The van der Waals surface area contributed by atoms with Crippen LogP contribution < -0.4 is 14.4 Å². The molecule has 1 heterocycles. The summed E-state index contributed by atoms with van der Waals surface area (Å²) in [6.07, 6.45) is 2.38. The van der Waals surface area contributed by atoms with E-state index in [2.05, 4.69) is 6.92 Å². The van der Waals surface area contributed by atoms with Crippen molar-refractivity contribution in [1.82, 2.24) is 0 Å². The van der Waals surface area contributed by atoms with Crippen molar-refractivity contribution in [2.45, 2.75) is 38.3 Å². The first-order chi connectivity index (χ1) is 12.6. The summed E-state index contributed by atoms with van der Waals surface area (Å²) in [7, 11) is 1.64. The minimum atomic E-state index is -0.508. The van der Waals surface area contributed by atoms with Gasteiger partial charge in [-0.15, -0.1) is 0 Å². The molecule has 1 saturated carbocycles. The molecule has 26 heavy (non-hydrogen) atoms. The van der Waals surface area contributed by atoms with Gasteiger partial charge in [0.1, 0.15) is 11.5 Å². The molecule has 0 unspecified atom stereocenters. The van der Waals surface area contributed by atoms with E-state index in [1.807, 2.05) is 41.3 Å². The van der Waals surface area contributed by atoms with Gasteiger partial charge in [-0.05, 0) is 73.7 Å². The topological polar surface area (TPSA) is 38.8 Å². The molecule has 2 aromatic carbocycles. The van der Waals surface area contributed by atoms with Crippen molar-refractivity contribution in [3.63, 3.8) is 0 Å². The van der Waals surface area contributed by atoms with Crippen molar-refractivity contribution < 1.29 is 14.3 Å². The molecule has 0 aromatic heterocycles. The maximum Gasteiger partial charge on any atom is 0.268 e. The van der Waals surface area contributed by atoms with Crippen LogP contribution in [0.15, 0.2) is 42.5 Å². The van der Waals surface area contributed by atoms with Gasteiger partial charge in [0.2, 0.25) is 0 Å². The smallest absolute Gasteiger partial charge is 0.268 e. The van der Waals surface area contributed by atoms with E-state index < -0.39 is 6.10 Å². The van der Waals surface area contributed by atoms with Gasteiger partial charge in [0.25, 0.3) is 5.91 Å². The first-order valence-corrected chi connectivity index (χ1v) is 9.37. The molecule has 2 aliphatic rings. The maximum absolute atomic E-state index is 13.4. The summed E-state index contributed by atoms with van der Waals surface area (Å²) in [4.78, 5) is 15.3. The third-order valence-corrected chi connectivity index (χ3v) is 5.51. The second-order valence-corrected chi connectivity index (χ2v) is 7.48. The summed E-state index contributed by atoms with van der Waals surface area (Å²) in [5, 5.41) is 0.666. The number of fused-ring (bicyclic) bond motifs is 1. The molecule has 1 aliphatic carbocycles. The monoisotopic (exact) mass is 371 g/mol. The summed E-state index contributed by atoms with van der Waals surface area (Å²) in [6, 6.07) is 13.3. The summed E-state index contributed by atoms with van der Waals surface area (Å²) in [5.41, 5.74) is 1.87. The van der Waals surface area contributed by atoms with Gasteiger partial charge in [0.05, 0.1) is 7.11 Å². The second-order valence-electron chi connectivity index (χ2n) is 7.05. The molecule has 5 heteroatoms. The lowest BCUT2D eigenvalue weighted by Crippen LogP contribution is -2.47. The fourth-order valence-corrected chi connectivity index (χ4v) is 3.80. The van der Waals surface area contributed by atoms with Gasteiger partial charge in [-0.3, -0.25) is 4.79 Å². The van der Waals surface area contributed by atoms with Gasteiger partial charge in [-0.1, -0.05) is 11.6 Å². The molecule has 1 amide bonds. The number of rotatable bonds is 5. The molecule has 136 valence electrons. The Kier molecular flexibility index (Phi) is 4.53. The Hall–Kier alpha value is -2.20. The molecular formula is C21H22ClNO3. The normalized spacial score (nSPS) is 19.4. The number of carbonyl (C=O) groups is 1. The zero-order valence-corrected chi connectivity index (χ0v) is 15.7. The molecule has 0 N–H and O–H groups in total. The average molecular weight is 372 g/mol. The zero-order valence-electron chi connectivity index (χ0n) is 14.9. The Bertz CT molecular complexity index is 817. The van der Waals surface area contributed by atoms with Crippen LogP contribution >= 0.6 is 11.6 Å². The zero-order chi connectivity index (χ0) is 18.3. The van der Waals surface area contributed by atoms with Crippen molar-refractivity contribution in [3.8, 4) is 11.5 Å². The summed E-state index contributed by atoms with van der Waals surface area (Å²) < 4.78 is 11.2. The van der Waals surface area contributed by atoms with Crippen molar-refractivity contribution in [2.24, 2.45) is 5.92 Å². The Morgan fingerprint density at radius 3 is 2.62 bits per heavy atom. The number of ether oxygens (including phenoxy) is 2. The molecule has 0 saturated heterocycles. The second kappa shape index (κ2) is 6.84. The molecular weight excluding hydrogens is 350 g/mol. The van der Waals surface area contributed by atoms with Crippen molar-refractivity contribution in [1.29, 1.82) is 0 Å². The van der Waals surface area contributed by atoms with Gasteiger partial charge in [0.15, 0.2) is 6.10 Å². The highest BCUT2D eigenvalue weighted by molar-refractivity contribution is 6.30. The van der Waals surface area contributed by atoms with Gasteiger partial charge >= 0.3 is 0 Å². The fourth-order valence-electron chi connectivity index (χ4n) is 3.61. The molecule has 0 spiro atoms. The van der Waals surface area contributed by atoms with Crippen LogP contribution in [0.5, 0.6) is 11.5 Å². The SMILES string of the molecule is COc1ccc(N(C(=O)[C@@H]2Cc3cc(Cl)ccc3O2)[C@@H](C)C2CC2)cc1. The Labute approximate surface area is 158 Å². The van der Waals surface area contributed by atoms with E-state index >= 15 is 0 Å². The highest BCUT2D eigenvalue weighted by Gasteiger charge is 2.40. The quantitative estimate of drug-likeness (QED) is 0.777. The maximum atomic E-state index is 13.4. The molecule has 1 aliphatic heterocycles. The third kappa shape index (κ3) is 3.26. The van der Waals surface area contributed by atoms with Crippen LogP contribution in [0, 0.1) is 5.92 Å². The van der Waals surface area contributed by atoms with E-state index in [1.54, 1.807) is 13.2 Å². The first kappa shape index (κ1) is 17.2. The fraction of sp³-hybridized carbons (Fsp3) is 0.381. The highest BCUT2D eigenvalue weighted by Crippen LogP contribution is 2.39. The summed E-state index contributed by atoms with van der Waals surface area (Å²) in [6.45, 7) is 2.12. The number of hydrogen-bond acceptors (Lipinski definition) is 3. The molecule has 0 radical (unpaired) electrons. The number of nitrogens with zero attached hydrogens (tertiary/aromatic N) is 1. The van der Waals surface area contributed by atoms with Crippen LogP contribution in [0.4, 0.5) is 5.69 Å². The van der Waals surface area contributed by atoms with Crippen LogP contribution in [0.1, 0.15) is 25.3 Å². The van der Waals surface area contributed by atoms with E-state index in [0.717, 1.165) is 22.7 Å². The van der Waals surface area contributed by atoms with Crippen LogP contribution in [-0.2, 0) is 11.2 Å². The Morgan fingerprint density at radius 2 is 1.96 bits per heavy atom. The lowest BCUT2D eigenvalue weighted by molar-refractivity contribution is -0.125. The molecule has 0 bridgehead atoms. The van der Waals surface area contributed by atoms with Crippen LogP contribution in [0.2, 0.25) is 5.02 Å². The largest absolute Gasteiger partial charge is 0.497 e. The minimum absolute atomic E-state index is 0.00175. The number of hydrogen-bond donors (Lipinski definition) is 0. The average Bonchev–Trinajstić information content (AvgIpc) is 3.42. The molecule has 4 rings (SSSR count). The minimum Gasteiger partial charge on any atom is -0.497 e. The van der Waals surface area contributed by atoms with Gasteiger partial charge in [-0.25, -0.2) is 0 Å². The molecule has 2 atom stereocenters. The molecule has 2 aromatic rings. The predicted molar refractivity (Wildman–Crippen MR) is 102 cm³/mol. The van der Waals surface area contributed by atoms with E-state index in [1.165, 1.54) is 12.8 Å². The number of anilines is 1. The lowest BCUT2D eigenvalue weighted by atomic mass is 10.1. The van der Waals surface area contributed by atoms with Gasteiger partial charge < -0.3 is 14.4 Å². The first-order valence-electron chi connectivity index (χ1n) is 8.99. The lowest BCUT2D eigenvalue weighted by Gasteiger charge is -2.31. The Balaban J connectivity index is 1.60. The Morgan fingerprint density at radius 1 is 1.23 bits per heavy atom. The standard InChI is InChI=1S/C21H22ClNO3/c1-13(14-3-4-14)23(17-6-8-18(25-2)9-7-17)21(24)20-12-15-11-16(22)5-10-19(15)26-20/h5-11,13-14,20H,3-4,12H2,1-2H3/t13-,20-/m0/s1. The molecule has 1 fully saturated rings. The van der Waals surface area contributed by atoms with Crippen molar-refractivity contribution >= 4 is 23.2 Å². The van der Waals surface area contributed by atoms with Crippen LogP contribution in [-0.4, -0.2) is 25.2 Å². The summed E-state index contributed by atoms with van der Waals surface area (Å²) in [5.74, 6) is 2.09. The van der Waals surface area contributed by atoms with Crippen molar-refractivity contribution in [2.75, 3.05) is 12.0 Å². The van der Waals surface area contributed by atoms with E-state index in [9.17, 15) is 4.79 Å². The number of methoxy groups -OCH3 is 1. The number of amides is 1. The van der Waals surface area contributed by atoms with Crippen LogP contribution in [0.3, 0.4) is 0 Å². The van der Waals surface area contributed by atoms with E-state index in [-0.39, 0.29) is 11.9 Å². The third-order valence-electron chi connectivity index (χ3n) is 5.27. The molecule has 4 nitrogen and oxygen atoms in total. The van der Waals surface area contributed by atoms with E-state index in [0.29, 0.717) is 17.4 Å². The predicted octanol–water partition coefficient (Wildman–Crippen LogP) is 4.48.